The minimum Gasteiger partial charge on any atom is -0.294 e. The van der Waals surface area contributed by atoms with Crippen LogP contribution < -0.4 is 0 Å². The number of carbonyl (C=O) groups excluding carboxylic acids is 1. The number of Topliss-reactive ketones (excluding diaryl/α,β-unsaturated/α-hetero) is 1. The van der Waals surface area contributed by atoms with E-state index in [-0.39, 0.29) is 16.4 Å². The highest BCUT2D eigenvalue weighted by atomic mass is 32.2. The van der Waals surface area contributed by atoms with Gasteiger partial charge in [0.25, 0.3) is 0 Å². The third-order valence-electron chi connectivity index (χ3n) is 5.03. The second-order valence-electron chi connectivity index (χ2n) is 6.16. The third-order valence-corrected chi connectivity index (χ3v) is 7.20. The number of hydrogen-bond acceptors (Lipinski definition) is 2. The van der Waals surface area contributed by atoms with Crippen LogP contribution in [0.4, 0.5) is 0 Å². The van der Waals surface area contributed by atoms with E-state index in [1.165, 1.54) is 11.1 Å². The van der Waals surface area contributed by atoms with Gasteiger partial charge in [-0.2, -0.15) is 0 Å². The summed E-state index contributed by atoms with van der Waals surface area (Å²) >= 11 is 0. The lowest BCUT2D eigenvalue weighted by atomic mass is 9.87. The number of ketones is 1. The smallest absolute Gasteiger partial charge is 0.166 e. The Morgan fingerprint density at radius 2 is 1.90 bits per heavy atom. The lowest BCUT2D eigenvalue weighted by molar-refractivity contribution is 0.0905. The monoisotopic (exact) mass is 286 g/mol. The molecule has 0 aromatic heterocycles. The largest absolute Gasteiger partial charge is 0.294 e. The van der Waals surface area contributed by atoms with Gasteiger partial charge in [0.15, 0.2) is 5.78 Å². The number of fused-ring (bicyclic) bond motifs is 3. The minimum absolute atomic E-state index is 0.0947. The van der Waals surface area contributed by atoms with Crippen LogP contribution >= 0.6 is 0 Å². The summed E-state index contributed by atoms with van der Waals surface area (Å²) < 4.78 is 12.1. The maximum atomic E-state index is 12.9. The highest BCUT2D eigenvalue weighted by molar-refractivity contribution is 7.86. The van der Waals surface area contributed by atoms with Crippen molar-refractivity contribution in [1.29, 1.82) is 0 Å². The molecule has 1 aromatic carbocycles. The van der Waals surface area contributed by atoms with Crippen LogP contribution in [0.5, 0.6) is 0 Å². The van der Waals surface area contributed by atoms with E-state index in [4.69, 9.17) is 0 Å². The van der Waals surface area contributed by atoms with E-state index < -0.39 is 10.8 Å². The molecule has 2 saturated heterocycles. The normalized spacial score (nSPS) is 34.2. The molecule has 3 aliphatic rings. The second-order valence-corrected chi connectivity index (χ2v) is 8.15. The third kappa shape index (κ3) is 1.83. The van der Waals surface area contributed by atoms with Gasteiger partial charge in [0.1, 0.15) is 0 Å². The van der Waals surface area contributed by atoms with Crippen molar-refractivity contribution >= 4 is 22.7 Å². The number of hydrogen-bond donors (Lipinski definition) is 0. The molecule has 0 saturated carbocycles. The predicted octanol–water partition coefficient (Wildman–Crippen LogP) is 3.13. The van der Waals surface area contributed by atoms with E-state index in [2.05, 4.69) is 18.2 Å². The van der Waals surface area contributed by atoms with Crippen LogP contribution in [0.15, 0.2) is 24.3 Å². The highest BCUT2D eigenvalue weighted by Gasteiger charge is 2.43. The van der Waals surface area contributed by atoms with Crippen molar-refractivity contribution in [1.82, 2.24) is 0 Å². The van der Waals surface area contributed by atoms with Gasteiger partial charge in [-0.1, -0.05) is 30.4 Å². The first kappa shape index (κ1) is 12.5. The van der Waals surface area contributed by atoms with Gasteiger partial charge >= 0.3 is 0 Å². The van der Waals surface area contributed by atoms with Crippen LogP contribution in [0.25, 0.3) is 6.08 Å². The first-order valence-electron chi connectivity index (χ1n) is 7.46. The van der Waals surface area contributed by atoms with Gasteiger partial charge in [0.05, 0.1) is 0 Å². The molecule has 2 aliphatic heterocycles. The lowest BCUT2D eigenvalue weighted by Gasteiger charge is -2.26. The topological polar surface area (TPSA) is 34.1 Å². The Morgan fingerprint density at radius 3 is 2.65 bits per heavy atom. The zero-order chi connectivity index (χ0) is 13.7. The number of allylic oxidation sites excluding steroid dienone is 1. The predicted molar refractivity (Wildman–Crippen MR) is 81.2 cm³/mol. The van der Waals surface area contributed by atoms with Gasteiger partial charge in [-0.15, -0.1) is 0 Å². The van der Waals surface area contributed by atoms with E-state index in [9.17, 15) is 9.00 Å². The molecular weight excluding hydrogens is 268 g/mol. The highest BCUT2D eigenvalue weighted by Crippen LogP contribution is 2.40. The van der Waals surface area contributed by atoms with Gasteiger partial charge in [0.2, 0.25) is 0 Å². The Bertz CT molecular complexity index is 616. The van der Waals surface area contributed by atoms with Crippen LogP contribution in [-0.2, 0) is 17.2 Å². The summed E-state index contributed by atoms with van der Waals surface area (Å²) in [5.41, 5.74) is 3.29. The Kier molecular flexibility index (Phi) is 2.92. The summed E-state index contributed by atoms with van der Waals surface area (Å²) in [6.07, 6.45) is 8.87. The van der Waals surface area contributed by atoms with Crippen molar-refractivity contribution in [3.05, 3.63) is 41.0 Å². The van der Waals surface area contributed by atoms with E-state index >= 15 is 0 Å². The molecule has 2 heterocycles. The van der Waals surface area contributed by atoms with Gasteiger partial charge in [-0.05, 0) is 43.2 Å². The van der Waals surface area contributed by atoms with Crippen LogP contribution in [0.2, 0.25) is 0 Å². The van der Waals surface area contributed by atoms with Crippen LogP contribution in [0.1, 0.15) is 47.2 Å². The minimum atomic E-state index is -0.676. The first-order chi connectivity index (χ1) is 9.74. The first-order valence-corrected chi connectivity index (χ1v) is 8.73. The zero-order valence-electron chi connectivity index (χ0n) is 11.4. The SMILES string of the molecule is O=C(c1cccc2c1CC=C2)C1CC2CCC(C1)S2=O. The van der Waals surface area contributed by atoms with E-state index in [1.54, 1.807) is 0 Å². The summed E-state index contributed by atoms with van der Waals surface area (Å²) in [4.78, 5) is 12.9. The fourth-order valence-electron chi connectivity index (χ4n) is 3.99. The van der Waals surface area contributed by atoms with Crippen molar-refractivity contribution in [2.24, 2.45) is 5.92 Å². The molecule has 2 unspecified atom stereocenters. The Labute approximate surface area is 121 Å². The summed E-state index contributed by atoms with van der Waals surface area (Å²) in [5, 5.41) is 0.551. The summed E-state index contributed by atoms with van der Waals surface area (Å²) in [7, 11) is -0.676. The molecule has 2 nitrogen and oxygen atoms in total. The average Bonchev–Trinajstić information content (AvgIpc) is 2.99. The average molecular weight is 286 g/mol. The Hall–Kier alpha value is -1.22. The quantitative estimate of drug-likeness (QED) is 0.783. The van der Waals surface area contributed by atoms with Crippen LogP contribution in [0, 0.1) is 5.92 Å². The second kappa shape index (κ2) is 4.66. The van der Waals surface area contributed by atoms with E-state index in [1.807, 2.05) is 12.1 Å². The summed E-state index contributed by atoms with van der Waals surface area (Å²) in [6.45, 7) is 0. The molecule has 0 spiro atoms. The molecule has 0 N–H and O–H groups in total. The van der Waals surface area contributed by atoms with Crippen molar-refractivity contribution in [3.63, 3.8) is 0 Å². The maximum Gasteiger partial charge on any atom is 0.166 e. The molecule has 0 radical (unpaired) electrons. The molecule has 1 aromatic rings. The lowest BCUT2D eigenvalue weighted by Crippen LogP contribution is -2.32. The van der Waals surface area contributed by atoms with E-state index in [0.29, 0.717) is 5.78 Å². The molecule has 0 amide bonds. The standard InChI is InChI=1S/C17H18O2S/c18-17(12-9-13-7-8-14(10-12)20(13)19)16-6-2-4-11-3-1-5-15(11)16/h1-4,6,12-14H,5,7-10H2. The summed E-state index contributed by atoms with van der Waals surface area (Å²) in [6, 6.07) is 6.04. The number of rotatable bonds is 2. The van der Waals surface area contributed by atoms with Crippen molar-refractivity contribution < 1.29 is 9.00 Å². The maximum absolute atomic E-state index is 12.9. The Morgan fingerprint density at radius 1 is 1.15 bits per heavy atom. The van der Waals surface area contributed by atoms with Gasteiger partial charge in [-0.3, -0.25) is 9.00 Å². The molecule has 4 rings (SSSR count). The fourth-order valence-corrected chi connectivity index (χ4v) is 6.11. The molecule has 104 valence electrons. The Balaban J connectivity index is 1.63. The summed E-state index contributed by atoms with van der Waals surface area (Å²) in [5.74, 6) is 0.386. The van der Waals surface area contributed by atoms with Crippen molar-refractivity contribution in [2.45, 2.75) is 42.6 Å². The molecule has 2 bridgehead atoms. The molecule has 1 aliphatic carbocycles. The van der Waals surface area contributed by atoms with Crippen LogP contribution in [-0.4, -0.2) is 20.5 Å². The molecular formula is C17H18O2S. The zero-order valence-corrected chi connectivity index (χ0v) is 12.2. The number of carbonyl (C=O) groups is 1. The van der Waals surface area contributed by atoms with Gasteiger partial charge in [-0.25, -0.2) is 0 Å². The van der Waals surface area contributed by atoms with Crippen LogP contribution in [0.3, 0.4) is 0 Å². The number of benzene rings is 1. The van der Waals surface area contributed by atoms with E-state index in [0.717, 1.165) is 37.7 Å². The molecule has 2 atom stereocenters. The molecule has 3 heteroatoms. The van der Waals surface area contributed by atoms with Crippen molar-refractivity contribution in [2.75, 3.05) is 0 Å². The molecule has 20 heavy (non-hydrogen) atoms. The van der Waals surface area contributed by atoms with Crippen molar-refractivity contribution in [3.8, 4) is 0 Å². The molecule has 2 fully saturated rings. The fraction of sp³-hybridized carbons (Fsp3) is 0.471. The van der Waals surface area contributed by atoms with Gasteiger partial charge in [0, 0.05) is 32.8 Å². The van der Waals surface area contributed by atoms with Gasteiger partial charge < -0.3 is 0 Å².